The molecule has 0 fully saturated rings. The Labute approximate surface area is 179 Å². The van der Waals surface area contributed by atoms with Crippen LogP contribution in [-0.2, 0) is 12.8 Å². The van der Waals surface area contributed by atoms with Gasteiger partial charge in [0.2, 0.25) is 0 Å². The van der Waals surface area contributed by atoms with Crippen molar-refractivity contribution in [2.45, 2.75) is 40.0 Å². The SMILES string of the molecule is COc1c(Cl)cc(Cl)cc1C(=O)Nc1sc2c(c1C#N)CC[C@H](C(C)(C)C)C2. The van der Waals surface area contributed by atoms with E-state index in [2.05, 4.69) is 32.2 Å². The Bertz CT molecular complexity index is 970. The molecule has 1 heterocycles. The van der Waals surface area contributed by atoms with Crippen LogP contribution in [-0.4, -0.2) is 13.0 Å². The lowest BCUT2D eigenvalue weighted by molar-refractivity contribution is 0.102. The van der Waals surface area contributed by atoms with Gasteiger partial charge in [-0.05, 0) is 48.3 Å². The molecular formula is C21H22Cl2N2O2S. The summed E-state index contributed by atoms with van der Waals surface area (Å²) in [5.74, 6) is 0.417. The van der Waals surface area contributed by atoms with Crippen LogP contribution in [0.1, 0.15) is 53.6 Å². The van der Waals surface area contributed by atoms with Gasteiger partial charge in [-0.1, -0.05) is 44.0 Å². The minimum atomic E-state index is -0.399. The van der Waals surface area contributed by atoms with Crippen LogP contribution < -0.4 is 10.1 Å². The summed E-state index contributed by atoms with van der Waals surface area (Å²) in [4.78, 5) is 14.1. The highest BCUT2D eigenvalue weighted by molar-refractivity contribution is 7.16. The minimum Gasteiger partial charge on any atom is -0.494 e. The summed E-state index contributed by atoms with van der Waals surface area (Å²) in [5.41, 5.74) is 2.08. The Balaban J connectivity index is 1.94. The lowest BCUT2D eigenvalue weighted by Crippen LogP contribution is -2.26. The number of nitrogens with zero attached hydrogens (tertiary/aromatic N) is 1. The average Bonchev–Trinajstić information content (AvgIpc) is 2.96. The Morgan fingerprint density at radius 1 is 1.36 bits per heavy atom. The molecule has 1 atom stereocenters. The summed E-state index contributed by atoms with van der Waals surface area (Å²) in [6, 6.07) is 5.31. The highest BCUT2D eigenvalue weighted by Gasteiger charge is 2.32. The molecule has 3 rings (SSSR count). The molecule has 1 aromatic heterocycles. The van der Waals surface area contributed by atoms with Crippen LogP contribution in [0.2, 0.25) is 10.0 Å². The van der Waals surface area contributed by atoms with Crippen LogP contribution in [0, 0.1) is 22.7 Å². The molecule has 28 heavy (non-hydrogen) atoms. The summed E-state index contributed by atoms with van der Waals surface area (Å²) >= 11 is 13.7. The van der Waals surface area contributed by atoms with Crippen molar-refractivity contribution in [1.29, 1.82) is 5.26 Å². The molecule has 4 nitrogen and oxygen atoms in total. The Morgan fingerprint density at radius 2 is 2.07 bits per heavy atom. The van der Waals surface area contributed by atoms with E-state index in [0.717, 1.165) is 24.8 Å². The molecule has 7 heteroatoms. The smallest absolute Gasteiger partial charge is 0.260 e. The third-order valence-corrected chi connectivity index (χ3v) is 6.95. The molecule has 0 saturated heterocycles. The number of ether oxygens (including phenoxy) is 1. The van der Waals surface area contributed by atoms with Gasteiger partial charge in [0.1, 0.15) is 16.8 Å². The van der Waals surface area contributed by atoms with Gasteiger partial charge < -0.3 is 10.1 Å². The molecule has 0 saturated carbocycles. The first-order chi connectivity index (χ1) is 13.2. The predicted molar refractivity (Wildman–Crippen MR) is 115 cm³/mol. The maximum absolute atomic E-state index is 12.9. The number of rotatable bonds is 3. The van der Waals surface area contributed by atoms with Crippen LogP contribution in [0.3, 0.4) is 0 Å². The minimum absolute atomic E-state index is 0.211. The first-order valence-electron chi connectivity index (χ1n) is 9.04. The highest BCUT2D eigenvalue weighted by atomic mass is 35.5. The summed E-state index contributed by atoms with van der Waals surface area (Å²) in [6.45, 7) is 6.75. The van der Waals surface area contributed by atoms with Gasteiger partial charge in [0.25, 0.3) is 5.91 Å². The number of halogens is 2. The maximum Gasteiger partial charge on any atom is 0.260 e. The van der Waals surface area contributed by atoms with Gasteiger partial charge in [-0.15, -0.1) is 11.3 Å². The van der Waals surface area contributed by atoms with E-state index in [1.807, 2.05) is 0 Å². The lowest BCUT2D eigenvalue weighted by atomic mass is 9.72. The van der Waals surface area contributed by atoms with Crippen molar-refractivity contribution in [2.75, 3.05) is 12.4 Å². The molecule has 0 spiro atoms. The quantitative estimate of drug-likeness (QED) is 0.610. The topological polar surface area (TPSA) is 62.1 Å². The molecule has 0 bridgehead atoms. The molecular weight excluding hydrogens is 415 g/mol. The molecule has 1 aliphatic rings. The van der Waals surface area contributed by atoms with E-state index in [9.17, 15) is 10.1 Å². The van der Waals surface area contributed by atoms with E-state index in [1.54, 1.807) is 0 Å². The summed E-state index contributed by atoms with van der Waals surface area (Å²) in [5, 5.41) is 13.8. The number of amides is 1. The first kappa shape index (κ1) is 21.0. The molecule has 1 amide bonds. The van der Waals surface area contributed by atoms with Gasteiger partial charge in [-0.2, -0.15) is 5.26 Å². The Hall–Kier alpha value is -1.74. The van der Waals surface area contributed by atoms with Crippen molar-refractivity contribution in [3.63, 3.8) is 0 Å². The Kier molecular flexibility index (Phi) is 5.95. The number of nitriles is 1. The second-order valence-corrected chi connectivity index (χ2v) is 10.00. The molecule has 1 aromatic carbocycles. The average molecular weight is 437 g/mol. The third kappa shape index (κ3) is 4.00. The molecule has 0 unspecified atom stereocenters. The number of anilines is 1. The number of carbonyl (C=O) groups excluding carboxylic acids is 1. The fourth-order valence-electron chi connectivity index (χ4n) is 3.64. The molecule has 148 valence electrons. The number of carbonyl (C=O) groups is 1. The standard InChI is InChI=1S/C21H22Cl2N2O2S/c1-21(2,3)11-5-6-13-15(10-24)20(28-17(13)7-11)25-19(26)14-8-12(22)9-16(23)18(14)27-4/h8-9,11H,5-7H2,1-4H3,(H,25,26)/t11-/m0/s1. The summed E-state index contributed by atoms with van der Waals surface area (Å²) in [7, 11) is 1.45. The molecule has 1 N–H and O–H groups in total. The second-order valence-electron chi connectivity index (χ2n) is 8.05. The van der Waals surface area contributed by atoms with Crippen molar-refractivity contribution in [3.05, 3.63) is 43.7 Å². The number of fused-ring (bicyclic) bond motifs is 1. The Morgan fingerprint density at radius 3 is 2.68 bits per heavy atom. The zero-order valence-corrected chi connectivity index (χ0v) is 18.6. The van der Waals surface area contributed by atoms with Gasteiger partial charge in [0.05, 0.1) is 23.3 Å². The van der Waals surface area contributed by atoms with Crippen molar-refractivity contribution in [3.8, 4) is 11.8 Å². The zero-order valence-electron chi connectivity index (χ0n) is 16.3. The van der Waals surface area contributed by atoms with E-state index in [4.69, 9.17) is 27.9 Å². The van der Waals surface area contributed by atoms with Gasteiger partial charge >= 0.3 is 0 Å². The van der Waals surface area contributed by atoms with Crippen molar-refractivity contribution in [1.82, 2.24) is 0 Å². The van der Waals surface area contributed by atoms with Crippen molar-refractivity contribution >= 4 is 45.4 Å². The number of hydrogen-bond acceptors (Lipinski definition) is 4. The van der Waals surface area contributed by atoms with Gasteiger partial charge in [0.15, 0.2) is 0 Å². The maximum atomic E-state index is 12.9. The molecule has 0 aliphatic heterocycles. The normalized spacial score (nSPS) is 16.2. The molecule has 0 radical (unpaired) electrons. The van der Waals surface area contributed by atoms with E-state index >= 15 is 0 Å². The van der Waals surface area contributed by atoms with Crippen LogP contribution in [0.5, 0.6) is 5.75 Å². The van der Waals surface area contributed by atoms with Gasteiger partial charge in [0, 0.05) is 9.90 Å². The number of thiophene rings is 1. The van der Waals surface area contributed by atoms with Crippen LogP contribution in [0.4, 0.5) is 5.00 Å². The van der Waals surface area contributed by atoms with E-state index < -0.39 is 5.91 Å². The van der Waals surface area contributed by atoms with E-state index in [1.165, 1.54) is 35.5 Å². The van der Waals surface area contributed by atoms with Gasteiger partial charge in [-0.25, -0.2) is 0 Å². The van der Waals surface area contributed by atoms with Crippen molar-refractivity contribution < 1.29 is 9.53 Å². The fourth-order valence-corrected chi connectivity index (χ4v) is 5.48. The van der Waals surface area contributed by atoms with Crippen LogP contribution >= 0.6 is 34.5 Å². The number of hydrogen-bond donors (Lipinski definition) is 1. The van der Waals surface area contributed by atoms with Crippen LogP contribution in [0.25, 0.3) is 0 Å². The third-order valence-electron chi connectivity index (χ3n) is 5.29. The predicted octanol–water partition coefficient (Wildman–Crippen LogP) is 6.34. The summed E-state index contributed by atoms with van der Waals surface area (Å²) in [6.07, 6.45) is 2.84. The monoisotopic (exact) mass is 436 g/mol. The fraction of sp³-hybridized carbons (Fsp3) is 0.429. The first-order valence-corrected chi connectivity index (χ1v) is 10.6. The number of nitrogens with one attached hydrogen (secondary N) is 1. The highest BCUT2D eigenvalue weighted by Crippen LogP contribution is 2.44. The second kappa shape index (κ2) is 7.94. The molecule has 1 aliphatic carbocycles. The number of methoxy groups -OCH3 is 1. The van der Waals surface area contributed by atoms with Crippen molar-refractivity contribution in [2.24, 2.45) is 11.3 Å². The van der Waals surface area contributed by atoms with E-state index in [-0.39, 0.29) is 21.8 Å². The van der Waals surface area contributed by atoms with Crippen LogP contribution in [0.15, 0.2) is 12.1 Å². The van der Waals surface area contributed by atoms with E-state index in [0.29, 0.717) is 21.5 Å². The zero-order chi connectivity index (χ0) is 20.6. The largest absolute Gasteiger partial charge is 0.494 e. The number of benzene rings is 1. The summed E-state index contributed by atoms with van der Waals surface area (Å²) < 4.78 is 5.27. The molecule has 2 aromatic rings. The van der Waals surface area contributed by atoms with Gasteiger partial charge in [-0.3, -0.25) is 4.79 Å². The lowest BCUT2D eigenvalue weighted by Gasteiger charge is -2.33.